The molecule has 24 heteroatoms. The Kier molecular flexibility index (Phi) is 22.4. The summed E-state index contributed by atoms with van der Waals surface area (Å²) in [6.45, 7) is 5.42. The van der Waals surface area contributed by atoms with Crippen molar-refractivity contribution in [2.75, 3.05) is 49.9 Å². The number of thioether (sulfide) groups is 1. The molecule has 2 aliphatic rings. The minimum Gasteiger partial charge on any atom is -0.492 e. The summed E-state index contributed by atoms with van der Waals surface area (Å²) in [7, 11) is 0. The summed E-state index contributed by atoms with van der Waals surface area (Å²) in [5.41, 5.74) is -0.640. The summed E-state index contributed by atoms with van der Waals surface area (Å²) in [5, 5.41) is 57.6. The molecular formula is C44H66N10O13S. The number of aromatic hydroxyl groups is 2. The van der Waals surface area contributed by atoms with Crippen LogP contribution in [0.2, 0.25) is 0 Å². The molecule has 7 N–H and O–H groups in total. The Bertz CT molecular complexity index is 2040. The highest BCUT2D eigenvalue weighted by Crippen LogP contribution is 2.34. The predicted octanol–water partition coefficient (Wildman–Crippen LogP) is 3.78. The Morgan fingerprint density at radius 3 is 2.15 bits per heavy atom. The number of carbonyl (C=O) groups excluding carboxylic acids is 6. The van der Waals surface area contributed by atoms with E-state index in [2.05, 4.69) is 26.6 Å². The van der Waals surface area contributed by atoms with E-state index in [0.717, 1.165) is 56.1 Å². The number of hydrogen-bond donors (Lipinski definition) is 7. The maximum atomic E-state index is 13.3. The zero-order valence-corrected chi connectivity index (χ0v) is 39.6. The second-order valence-corrected chi connectivity index (χ2v) is 18.0. The lowest BCUT2D eigenvalue weighted by atomic mass is 10.0. The van der Waals surface area contributed by atoms with Gasteiger partial charge in [-0.15, -0.1) is 4.73 Å². The van der Waals surface area contributed by atoms with Crippen molar-refractivity contribution in [2.45, 2.75) is 134 Å². The van der Waals surface area contributed by atoms with Crippen molar-refractivity contribution in [1.29, 1.82) is 0 Å². The number of nitrogens with zero attached hydrogens (tertiary/aromatic N) is 5. The lowest BCUT2D eigenvalue weighted by molar-refractivity contribution is -0.393. The molecule has 2 aliphatic heterocycles. The Morgan fingerprint density at radius 1 is 0.824 bits per heavy atom. The van der Waals surface area contributed by atoms with Gasteiger partial charge in [-0.1, -0.05) is 19.8 Å². The van der Waals surface area contributed by atoms with E-state index in [1.165, 1.54) is 17.0 Å². The van der Waals surface area contributed by atoms with Crippen LogP contribution in [0.15, 0.2) is 30.3 Å². The Labute approximate surface area is 399 Å². The number of carbonyl (C=O) groups is 6. The second kappa shape index (κ2) is 28.1. The number of hydrogen-bond acceptors (Lipinski definition) is 15. The fourth-order valence-corrected chi connectivity index (χ4v) is 9.61. The first-order chi connectivity index (χ1) is 32.6. The number of nitrogens with one attached hydrogen (secondary N) is 5. The number of aromatic nitrogens is 1. The van der Waals surface area contributed by atoms with Crippen molar-refractivity contribution in [3.8, 4) is 11.8 Å². The fraction of sp³-hybridized carbons (Fsp3) is 0.636. The molecule has 2 saturated heterocycles. The van der Waals surface area contributed by atoms with Crippen molar-refractivity contribution in [3.63, 3.8) is 0 Å². The van der Waals surface area contributed by atoms with Gasteiger partial charge in [-0.2, -0.15) is 11.8 Å². The van der Waals surface area contributed by atoms with Crippen molar-refractivity contribution in [3.05, 3.63) is 50.6 Å². The molecule has 1 aromatic carbocycles. The van der Waals surface area contributed by atoms with Gasteiger partial charge >= 0.3 is 12.0 Å². The molecule has 0 saturated carbocycles. The predicted molar refractivity (Wildman–Crippen MR) is 252 cm³/mol. The molecule has 4 atom stereocenters. The van der Waals surface area contributed by atoms with E-state index < -0.39 is 50.9 Å². The number of nitro groups is 2. The van der Waals surface area contributed by atoms with E-state index >= 15 is 0 Å². The van der Waals surface area contributed by atoms with Gasteiger partial charge in [0, 0.05) is 94.2 Å². The largest absolute Gasteiger partial charge is 0.492 e. The maximum absolute atomic E-state index is 13.3. The van der Waals surface area contributed by atoms with E-state index in [1.54, 1.807) is 11.8 Å². The first kappa shape index (κ1) is 54.3. The lowest BCUT2D eigenvalue weighted by Crippen LogP contribution is -2.46. The summed E-state index contributed by atoms with van der Waals surface area (Å²) >= 11 is 1.86. The van der Waals surface area contributed by atoms with Gasteiger partial charge in [0.25, 0.3) is 11.4 Å². The maximum Gasteiger partial charge on any atom is 0.355 e. The van der Waals surface area contributed by atoms with Gasteiger partial charge in [-0.05, 0) is 70.8 Å². The van der Waals surface area contributed by atoms with E-state index in [4.69, 9.17) is 4.84 Å². The summed E-state index contributed by atoms with van der Waals surface area (Å²) in [6, 6.07) is 4.68. The number of urea groups is 1. The second-order valence-electron chi connectivity index (χ2n) is 16.7. The molecule has 6 amide bonds. The minimum atomic E-state index is -1.21. The molecule has 68 heavy (non-hydrogen) atoms. The van der Waals surface area contributed by atoms with Gasteiger partial charge in [-0.3, -0.25) is 39.4 Å². The van der Waals surface area contributed by atoms with Crippen molar-refractivity contribution < 1.29 is 53.7 Å². The summed E-state index contributed by atoms with van der Waals surface area (Å²) in [6.07, 6.45) is 7.24. The van der Waals surface area contributed by atoms with Crippen molar-refractivity contribution in [1.82, 2.24) is 36.2 Å². The van der Waals surface area contributed by atoms with Gasteiger partial charge in [0.1, 0.15) is 11.7 Å². The van der Waals surface area contributed by atoms with Gasteiger partial charge in [0.2, 0.25) is 35.4 Å². The molecule has 2 aromatic rings. The minimum absolute atomic E-state index is 0.00402. The molecule has 0 spiro atoms. The SMILES string of the molecule is CCCN(CCC(=O)NC(CCCCNC(=O)CCCCCNC(=O)CCCCC1SC[C@@H]2NC(=O)N[C@H]12)C(=O)On1c(O)ccc1O)C(=O)CCCN(CC)c1ccc([N+](=O)[O-])cc1[N+](=O)[O-]. The average molecular weight is 975 g/mol. The van der Waals surface area contributed by atoms with E-state index in [9.17, 15) is 59.2 Å². The van der Waals surface area contributed by atoms with Crippen LogP contribution in [0, 0.1) is 20.2 Å². The van der Waals surface area contributed by atoms with Crippen LogP contribution in [-0.2, 0) is 24.0 Å². The number of unbranched alkanes of at least 4 members (excludes halogenated alkanes) is 4. The van der Waals surface area contributed by atoms with Gasteiger partial charge in [-0.25, -0.2) is 9.59 Å². The first-order valence-corrected chi connectivity index (χ1v) is 24.4. The molecule has 1 aromatic heterocycles. The number of non-ortho nitro benzene ring substituents is 1. The highest BCUT2D eigenvalue weighted by atomic mass is 32.2. The van der Waals surface area contributed by atoms with Gasteiger partial charge in [0.15, 0.2) is 0 Å². The number of amides is 6. The first-order valence-electron chi connectivity index (χ1n) is 23.4. The van der Waals surface area contributed by atoms with Crippen LogP contribution in [0.4, 0.5) is 21.9 Å². The molecule has 2 unspecified atom stereocenters. The van der Waals surface area contributed by atoms with Crippen molar-refractivity contribution in [2.24, 2.45) is 0 Å². The van der Waals surface area contributed by atoms with Crippen LogP contribution in [0.5, 0.6) is 11.8 Å². The number of fused-ring (bicyclic) bond motifs is 1. The van der Waals surface area contributed by atoms with E-state index in [1.807, 2.05) is 18.7 Å². The standard InChI is InChI=1S/C44H66N10O13S/c1-3-25-51(39(58)17-12-26-50(4-2)33-19-18-30(53(63)64)28-34(33)54(65)66)27-22-38(57)47-31(43(61)67-52-40(59)20-21-41(52)60)13-9-11-24-46-36(55)15-6-5-10-23-45-37(56)16-8-7-14-35-42-32(29-68-35)48-44(62)49-42/h18-21,28,31-32,35,42,59-60H,3-17,22-27,29H2,1-2H3,(H,45,56)(H,46,55)(H,47,57)(H2,48,49,62)/t31?,32-,35?,42-/m0/s1. The number of benzene rings is 1. The quantitative estimate of drug-likeness (QED) is 0.0238. The molecule has 4 rings (SSSR count). The topological polar surface area (TPSA) is 310 Å². The summed E-state index contributed by atoms with van der Waals surface area (Å²) in [4.78, 5) is 106. The number of rotatable bonds is 32. The molecule has 3 heterocycles. The van der Waals surface area contributed by atoms with Crippen LogP contribution in [-0.4, -0.2) is 134 Å². The normalized spacial score (nSPS) is 16.4. The smallest absolute Gasteiger partial charge is 0.355 e. The molecule has 376 valence electrons. The number of anilines is 1. The highest BCUT2D eigenvalue weighted by molar-refractivity contribution is 8.00. The lowest BCUT2D eigenvalue weighted by Gasteiger charge is -2.25. The van der Waals surface area contributed by atoms with Crippen LogP contribution in [0.3, 0.4) is 0 Å². The molecule has 2 fully saturated rings. The van der Waals surface area contributed by atoms with Crippen LogP contribution < -0.4 is 36.3 Å². The third kappa shape index (κ3) is 17.4. The number of nitro benzene ring substituents is 2. The molecule has 0 bridgehead atoms. The van der Waals surface area contributed by atoms with Crippen LogP contribution in [0.1, 0.15) is 110 Å². The zero-order valence-electron chi connectivity index (χ0n) is 38.8. The molecule has 23 nitrogen and oxygen atoms in total. The van der Waals surface area contributed by atoms with Crippen LogP contribution in [0.25, 0.3) is 0 Å². The Hall–Kier alpha value is -6.33. The Morgan fingerprint density at radius 2 is 1.50 bits per heavy atom. The van der Waals surface area contributed by atoms with Gasteiger partial charge < -0.3 is 51.4 Å². The summed E-state index contributed by atoms with van der Waals surface area (Å²) < 4.78 is 0.515. The Balaban J connectivity index is 1.14. The van der Waals surface area contributed by atoms with Crippen LogP contribution >= 0.6 is 11.8 Å². The van der Waals surface area contributed by atoms with Crippen molar-refractivity contribution >= 4 is 64.5 Å². The molecule has 0 aliphatic carbocycles. The highest BCUT2D eigenvalue weighted by Gasteiger charge is 2.42. The van der Waals surface area contributed by atoms with E-state index in [0.29, 0.717) is 81.1 Å². The zero-order chi connectivity index (χ0) is 49.6. The third-order valence-electron chi connectivity index (χ3n) is 11.7. The van der Waals surface area contributed by atoms with Gasteiger partial charge in [0.05, 0.1) is 28.0 Å². The molecular weight excluding hydrogens is 909 g/mol. The average Bonchev–Trinajstić information content (AvgIpc) is 3.97. The molecule has 0 radical (unpaired) electrons. The monoisotopic (exact) mass is 974 g/mol. The third-order valence-corrected chi connectivity index (χ3v) is 13.2. The summed E-state index contributed by atoms with van der Waals surface area (Å²) in [5.74, 6) is -2.11. The fourth-order valence-electron chi connectivity index (χ4n) is 8.07. The van der Waals surface area contributed by atoms with E-state index in [-0.39, 0.29) is 73.9 Å².